The zero-order valence-electron chi connectivity index (χ0n) is 15.5. The normalized spacial score (nSPS) is 33.9. The number of methoxy groups -OCH3 is 3. The number of allylic oxidation sites excluding steroid dienone is 1. The number of phenolic OH excluding ortho intramolecular Hbond substituents is 1. The number of hydrogen-bond acceptors (Lipinski definition) is 5. The largest absolute Gasteiger partial charge is 0.504 e. The highest BCUT2D eigenvalue weighted by Crippen LogP contribution is 2.61. The number of fused-ring (bicyclic) bond motifs is 1. The van der Waals surface area contributed by atoms with E-state index in [0.29, 0.717) is 5.75 Å². The van der Waals surface area contributed by atoms with Gasteiger partial charge in [0, 0.05) is 30.6 Å². The highest BCUT2D eigenvalue weighted by molar-refractivity contribution is 5.59. The molecule has 0 amide bonds. The molecule has 3 aliphatic rings. The van der Waals surface area contributed by atoms with Gasteiger partial charge >= 0.3 is 0 Å². The molecule has 1 saturated heterocycles. The number of likely N-dealkylation sites (tertiary alicyclic amines) is 1. The van der Waals surface area contributed by atoms with Crippen molar-refractivity contribution < 1.29 is 19.3 Å². The van der Waals surface area contributed by atoms with Crippen molar-refractivity contribution >= 4 is 0 Å². The van der Waals surface area contributed by atoms with Crippen LogP contribution < -0.4 is 4.74 Å². The fourth-order valence-electron chi connectivity index (χ4n) is 5.56. The van der Waals surface area contributed by atoms with E-state index in [-0.39, 0.29) is 17.2 Å². The molecule has 2 bridgehead atoms. The maximum absolute atomic E-state index is 11.0. The van der Waals surface area contributed by atoms with Gasteiger partial charge in [-0.1, -0.05) is 6.07 Å². The Labute approximate surface area is 149 Å². The maximum Gasteiger partial charge on any atom is 0.161 e. The number of ether oxygens (including phenoxy) is 3. The molecule has 1 N–H and O–H groups in total. The summed E-state index contributed by atoms with van der Waals surface area (Å²) in [5, 5.41) is 11.0. The molecule has 3 atom stereocenters. The molecular formula is C20H27NO4. The van der Waals surface area contributed by atoms with Crippen molar-refractivity contribution in [3.63, 3.8) is 0 Å². The molecule has 0 radical (unpaired) electrons. The van der Waals surface area contributed by atoms with Gasteiger partial charge < -0.3 is 19.3 Å². The quantitative estimate of drug-likeness (QED) is 0.913. The summed E-state index contributed by atoms with van der Waals surface area (Å²) in [5.74, 6) is 1.79. The molecule has 136 valence electrons. The van der Waals surface area contributed by atoms with Crippen molar-refractivity contribution in [1.82, 2.24) is 4.90 Å². The Morgan fingerprint density at radius 2 is 1.96 bits per heavy atom. The van der Waals surface area contributed by atoms with Gasteiger partial charge in [-0.3, -0.25) is 4.90 Å². The van der Waals surface area contributed by atoms with Crippen molar-refractivity contribution in [2.24, 2.45) is 0 Å². The SMILES string of the molecule is COC1=CC2(OC)C3Cc4ccc(OC)c(O)c4[C@@]2(CC1)CCN3C. The first-order valence-corrected chi connectivity index (χ1v) is 8.93. The maximum atomic E-state index is 11.0. The second-order valence-corrected chi connectivity index (χ2v) is 7.50. The Hall–Kier alpha value is -1.72. The van der Waals surface area contributed by atoms with Crippen LogP contribution in [0.15, 0.2) is 24.0 Å². The molecule has 1 fully saturated rings. The molecule has 1 heterocycles. The van der Waals surface area contributed by atoms with Crippen molar-refractivity contribution in [1.29, 1.82) is 0 Å². The van der Waals surface area contributed by atoms with E-state index in [0.717, 1.165) is 43.6 Å². The van der Waals surface area contributed by atoms with Gasteiger partial charge in [-0.25, -0.2) is 0 Å². The van der Waals surface area contributed by atoms with Gasteiger partial charge in [0.05, 0.1) is 20.0 Å². The first kappa shape index (κ1) is 16.7. The molecule has 0 aromatic heterocycles. The predicted molar refractivity (Wildman–Crippen MR) is 95.1 cm³/mol. The van der Waals surface area contributed by atoms with Crippen LogP contribution in [0.25, 0.3) is 0 Å². The topological polar surface area (TPSA) is 51.2 Å². The number of nitrogens with zero attached hydrogens (tertiary/aromatic N) is 1. The highest BCUT2D eigenvalue weighted by Gasteiger charge is 2.64. The van der Waals surface area contributed by atoms with Gasteiger partial charge in [-0.05, 0) is 50.6 Å². The Morgan fingerprint density at radius 1 is 1.16 bits per heavy atom. The zero-order chi connectivity index (χ0) is 17.8. The van der Waals surface area contributed by atoms with Crippen LogP contribution in [0.2, 0.25) is 0 Å². The van der Waals surface area contributed by atoms with Gasteiger partial charge in [0.15, 0.2) is 11.5 Å². The zero-order valence-corrected chi connectivity index (χ0v) is 15.5. The lowest BCUT2D eigenvalue weighted by atomic mass is 9.51. The van der Waals surface area contributed by atoms with Crippen molar-refractivity contribution in [3.05, 3.63) is 35.1 Å². The molecular weight excluding hydrogens is 318 g/mol. The van der Waals surface area contributed by atoms with Gasteiger partial charge in [-0.2, -0.15) is 0 Å². The van der Waals surface area contributed by atoms with Gasteiger partial charge in [0.2, 0.25) is 0 Å². The lowest BCUT2D eigenvalue weighted by Crippen LogP contribution is -2.71. The summed E-state index contributed by atoms with van der Waals surface area (Å²) < 4.78 is 17.3. The average Bonchev–Trinajstić information content (AvgIpc) is 2.64. The van der Waals surface area contributed by atoms with E-state index < -0.39 is 5.60 Å². The van der Waals surface area contributed by atoms with E-state index in [9.17, 15) is 5.11 Å². The van der Waals surface area contributed by atoms with Crippen molar-refractivity contribution in [2.45, 2.75) is 42.7 Å². The van der Waals surface area contributed by atoms with E-state index in [4.69, 9.17) is 14.2 Å². The summed E-state index contributed by atoms with van der Waals surface area (Å²) in [4.78, 5) is 2.39. The van der Waals surface area contributed by atoms with Gasteiger partial charge in [0.1, 0.15) is 5.60 Å². The summed E-state index contributed by atoms with van der Waals surface area (Å²) in [6.07, 6.45) is 5.72. The molecule has 1 aromatic rings. The Balaban J connectivity index is 2.02. The number of rotatable bonds is 3. The third kappa shape index (κ3) is 1.97. The first-order chi connectivity index (χ1) is 12.0. The van der Waals surface area contributed by atoms with Gasteiger partial charge in [0.25, 0.3) is 0 Å². The Bertz CT molecular complexity index is 731. The molecule has 2 aliphatic carbocycles. The van der Waals surface area contributed by atoms with Crippen molar-refractivity contribution in [3.8, 4) is 11.5 Å². The molecule has 1 aliphatic heterocycles. The van der Waals surface area contributed by atoms with Crippen molar-refractivity contribution in [2.75, 3.05) is 34.9 Å². The fourth-order valence-corrected chi connectivity index (χ4v) is 5.56. The second kappa shape index (κ2) is 5.64. The molecule has 5 nitrogen and oxygen atoms in total. The summed E-state index contributed by atoms with van der Waals surface area (Å²) >= 11 is 0. The van der Waals surface area contributed by atoms with E-state index >= 15 is 0 Å². The molecule has 25 heavy (non-hydrogen) atoms. The third-order valence-corrected chi connectivity index (χ3v) is 6.78. The minimum atomic E-state index is -0.500. The Kier molecular flexibility index (Phi) is 3.78. The highest BCUT2D eigenvalue weighted by atomic mass is 16.5. The van der Waals surface area contributed by atoms with Crippen LogP contribution >= 0.6 is 0 Å². The van der Waals surface area contributed by atoms with E-state index in [1.807, 2.05) is 6.07 Å². The monoisotopic (exact) mass is 345 g/mol. The van der Waals surface area contributed by atoms with Crippen LogP contribution in [0.4, 0.5) is 0 Å². The van der Waals surface area contributed by atoms with E-state index in [2.05, 4.69) is 24.1 Å². The summed E-state index contributed by atoms with van der Waals surface area (Å²) in [5.41, 5.74) is 1.47. The van der Waals surface area contributed by atoms with Crippen LogP contribution in [0.5, 0.6) is 11.5 Å². The van der Waals surface area contributed by atoms with Gasteiger partial charge in [-0.15, -0.1) is 0 Å². The van der Waals surface area contributed by atoms with Crippen LogP contribution in [0.3, 0.4) is 0 Å². The summed E-state index contributed by atoms with van der Waals surface area (Å²) in [6.45, 7) is 0.988. The van der Waals surface area contributed by atoms with E-state index in [1.165, 1.54) is 5.56 Å². The summed E-state index contributed by atoms with van der Waals surface area (Å²) in [7, 11) is 7.29. The molecule has 0 spiro atoms. The Morgan fingerprint density at radius 3 is 2.64 bits per heavy atom. The minimum absolute atomic E-state index is 0.219. The number of phenols is 1. The summed E-state index contributed by atoms with van der Waals surface area (Å²) in [6, 6.07) is 4.20. The molecule has 2 unspecified atom stereocenters. The number of benzene rings is 1. The molecule has 4 rings (SSSR count). The predicted octanol–water partition coefficient (Wildman–Crippen LogP) is 2.61. The molecule has 0 saturated carbocycles. The number of hydrogen-bond donors (Lipinski definition) is 1. The minimum Gasteiger partial charge on any atom is -0.504 e. The number of piperidine rings is 1. The third-order valence-electron chi connectivity index (χ3n) is 6.78. The van der Waals surface area contributed by atoms with Crippen LogP contribution in [0.1, 0.15) is 30.4 Å². The van der Waals surface area contributed by atoms with Crippen LogP contribution in [-0.4, -0.2) is 56.6 Å². The van der Waals surface area contributed by atoms with E-state index in [1.54, 1.807) is 21.3 Å². The number of likely N-dealkylation sites (N-methyl/N-ethyl adjacent to an activating group) is 1. The lowest BCUT2D eigenvalue weighted by Gasteiger charge is -2.63. The standard InChI is InChI=1S/C20H27NO4/c1-21-10-9-19-8-7-14(23-2)12-20(19,25-4)16(21)11-13-5-6-15(24-3)18(22)17(13)19/h5-6,12,16,22H,7-11H2,1-4H3/t16?,19-,20?/m1/s1. The smallest absolute Gasteiger partial charge is 0.161 e. The first-order valence-electron chi connectivity index (χ1n) is 8.93. The molecule has 5 heteroatoms. The number of aromatic hydroxyl groups is 1. The van der Waals surface area contributed by atoms with Crippen LogP contribution in [-0.2, 0) is 21.3 Å². The second-order valence-electron chi connectivity index (χ2n) is 7.50. The molecule has 1 aromatic carbocycles. The average molecular weight is 345 g/mol. The van der Waals surface area contributed by atoms with Crippen LogP contribution in [0, 0.1) is 0 Å². The lowest BCUT2D eigenvalue weighted by molar-refractivity contribution is -0.140. The fraction of sp³-hybridized carbons (Fsp3) is 0.600.